The first-order chi connectivity index (χ1) is 22.7. The normalized spacial score (nSPS) is 10.7. The van der Waals surface area contributed by atoms with Crippen LogP contribution in [0.3, 0.4) is 0 Å². The Kier molecular flexibility index (Phi) is 21.2. The molecular formula is C26H28B3F12N2O6-3. The maximum absolute atomic E-state index is 11.8. The number of para-hydroxylation sites is 2. The average Bonchev–Trinajstić information content (AvgIpc) is 2.98. The van der Waals surface area contributed by atoms with E-state index >= 15 is 0 Å². The maximum Gasteiger partial charge on any atom is 0.673 e. The molecule has 3 aromatic rings. The molecule has 49 heavy (non-hydrogen) atoms. The van der Waals surface area contributed by atoms with Crippen LogP contribution in [0.5, 0.6) is 11.5 Å². The molecule has 23 heteroatoms. The standard InChI is InChI=1S/C26H28N2O6.3BF4/c29-25(33-19-21-9-3-1-4-10-21)27-15-17-31-23-13-7-8-14-24(23)32-18-16-28-26(30)34-20-22-11-5-2-6-12-22;3*2-1(3,4)5/h1-14H,15-20H2,(H,27,29)(H,28,30);;;/q;3*-1. The summed E-state index contributed by atoms with van der Waals surface area (Å²) in [6.07, 6.45) is -1.02. The molecular weight excluding hydrogens is 697 g/mol. The fourth-order valence-electron chi connectivity index (χ4n) is 2.87. The van der Waals surface area contributed by atoms with Gasteiger partial charge in [0, 0.05) is 0 Å². The quantitative estimate of drug-likeness (QED) is 0.111. The number of ether oxygens (including phenoxy) is 4. The van der Waals surface area contributed by atoms with Crippen molar-refractivity contribution in [3.63, 3.8) is 0 Å². The van der Waals surface area contributed by atoms with E-state index in [1.54, 1.807) is 12.1 Å². The van der Waals surface area contributed by atoms with Crippen molar-refractivity contribution < 1.29 is 80.3 Å². The van der Waals surface area contributed by atoms with E-state index in [-0.39, 0.29) is 39.5 Å². The minimum absolute atomic E-state index is 0.206. The van der Waals surface area contributed by atoms with Crippen molar-refractivity contribution in [3.8, 4) is 11.5 Å². The lowest BCUT2D eigenvalue weighted by Crippen LogP contribution is -2.29. The highest BCUT2D eigenvalue weighted by Gasteiger charge is 2.21. The van der Waals surface area contributed by atoms with Gasteiger partial charge in [0.2, 0.25) is 0 Å². The van der Waals surface area contributed by atoms with E-state index in [9.17, 15) is 61.4 Å². The van der Waals surface area contributed by atoms with Gasteiger partial charge in [0.25, 0.3) is 0 Å². The Labute approximate surface area is 272 Å². The van der Waals surface area contributed by atoms with Crippen LogP contribution in [0.25, 0.3) is 0 Å². The number of carbonyl (C=O) groups is 2. The highest BCUT2D eigenvalue weighted by atomic mass is 19.5. The molecule has 8 nitrogen and oxygen atoms in total. The summed E-state index contributed by atoms with van der Waals surface area (Å²) in [5.41, 5.74) is 1.83. The number of carbonyl (C=O) groups excluding carboxylic acids is 2. The topological polar surface area (TPSA) is 95.1 Å². The summed E-state index contributed by atoms with van der Waals surface area (Å²) < 4.78 is 139. The van der Waals surface area contributed by atoms with Crippen LogP contribution in [-0.2, 0) is 22.7 Å². The first kappa shape index (κ1) is 44.2. The Hall–Kier alpha value is -4.85. The van der Waals surface area contributed by atoms with E-state index < -0.39 is 33.9 Å². The molecule has 0 heterocycles. The van der Waals surface area contributed by atoms with Gasteiger partial charge in [-0.2, -0.15) is 0 Å². The number of hydrogen-bond acceptors (Lipinski definition) is 6. The lowest BCUT2D eigenvalue weighted by Gasteiger charge is -2.13. The summed E-state index contributed by atoms with van der Waals surface area (Å²) >= 11 is 0. The van der Waals surface area contributed by atoms with Crippen LogP contribution in [0.15, 0.2) is 84.9 Å². The highest BCUT2D eigenvalue weighted by Crippen LogP contribution is 2.26. The van der Waals surface area contributed by atoms with Crippen molar-refractivity contribution in [1.82, 2.24) is 10.6 Å². The second-order valence-electron chi connectivity index (χ2n) is 8.61. The molecule has 0 aliphatic carbocycles. The molecule has 0 atom stereocenters. The van der Waals surface area contributed by atoms with Crippen LogP contribution in [0, 0.1) is 0 Å². The molecule has 3 aromatic carbocycles. The molecule has 0 saturated heterocycles. The largest absolute Gasteiger partial charge is 0.673 e. The summed E-state index contributed by atoms with van der Waals surface area (Å²) in [6.45, 7) is 1.44. The van der Waals surface area contributed by atoms with Gasteiger partial charge in [0.05, 0.1) is 13.1 Å². The second-order valence-corrected chi connectivity index (χ2v) is 8.61. The van der Waals surface area contributed by atoms with Crippen molar-refractivity contribution in [2.24, 2.45) is 0 Å². The van der Waals surface area contributed by atoms with Gasteiger partial charge < -0.3 is 81.4 Å². The number of amides is 2. The summed E-state index contributed by atoms with van der Waals surface area (Å²) in [5, 5.41) is 5.29. The van der Waals surface area contributed by atoms with Crippen LogP contribution < -0.4 is 20.1 Å². The van der Waals surface area contributed by atoms with Crippen molar-refractivity contribution in [2.45, 2.75) is 13.2 Å². The van der Waals surface area contributed by atoms with Crippen molar-refractivity contribution in [1.29, 1.82) is 0 Å². The van der Waals surface area contributed by atoms with Crippen LogP contribution in [0.4, 0.5) is 61.4 Å². The molecule has 0 spiro atoms. The van der Waals surface area contributed by atoms with Gasteiger partial charge >= 0.3 is 33.9 Å². The van der Waals surface area contributed by atoms with Gasteiger partial charge in [-0.05, 0) is 23.3 Å². The van der Waals surface area contributed by atoms with E-state index in [2.05, 4.69) is 10.6 Å². The molecule has 3 rings (SSSR count). The Morgan fingerprint density at radius 1 is 0.469 bits per heavy atom. The van der Waals surface area contributed by atoms with E-state index in [0.29, 0.717) is 11.5 Å². The molecule has 274 valence electrons. The maximum atomic E-state index is 11.8. The number of benzene rings is 3. The molecule has 0 saturated carbocycles. The van der Waals surface area contributed by atoms with E-state index in [1.807, 2.05) is 72.8 Å². The van der Waals surface area contributed by atoms with Gasteiger partial charge in [-0.15, -0.1) is 0 Å². The number of hydrogen-bond donors (Lipinski definition) is 2. The lowest BCUT2D eigenvalue weighted by atomic mass is 10.2. The summed E-state index contributed by atoms with van der Waals surface area (Å²) in [7, 11) is -18.0. The Morgan fingerprint density at radius 3 is 1.02 bits per heavy atom. The van der Waals surface area contributed by atoms with Crippen LogP contribution in [-0.4, -0.2) is 60.3 Å². The number of halogens is 12. The number of alkyl carbamates (subject to hydrolysis) is 2. The second kappa shape index (κ2) is 23.5. The molecule has 0 fully saturated rings. The van der Waals surface area contributed by atoms with E-state index in [1.165, 1.54) is 0 Å². The molecule has 0 unspecified atom stereocenters. The number of nitrogens with one attached hydrogen (secondary N) is 2. The SMILES string of the molecule is F[B-](F)(F)F.F[B-](F)(F)F.F[B-](F)(F)F.O=C(NCCOc1ccccc1OCCNC(=O)OCc1ccccc1)OCc1ccccc1. The van der Waals surface area contributed by atoms with E-state index in [4.69, 9.17) is 18.9 Å². The van der Waals surface area contributed by atoms with Gasteiger partial charge in [0.1, 0.15) is 26.4 Å². The van der Waals surface area contributed by atoms with Crippen molar-refractivity contribution >= 4 is 33.9 Å². The monoisotopic (exact) mass is 725 g/mol. The minimum Gasteiger partial charge on any atom is -0.488 e. The third kappa shape index (κ3) is 34.3. The average molecular weight is 725 g/mol. The summed E-state index contributed by atoms with van der Waals surface area (Å²) in [5.74, 6) is 1.07. The molecule has 2 N–H and O–H groups in total. The van der Waals surface area contributed by atoms with Gasteiger partial charge in [-0.1, -0.05) is 72.8 Å². The molecule has 0 radical (unpaired) electrons. The predicted octanol–water partition coefficient (Wildman–Crippen LogP) is 8.20. The first-order valence-corrected chi connectivity index (χ1v) is 13.6. The fourth-order valence-corrected chi connectivity index (χ4v) is 2.87. The van der Waals surface area contributed by atoms with Crippen LogP contribution in [0.2, 0.25) is 0 Å². The zero-order valence-electron chi connectivity index (χ0n) is 25.0. The first-order valence-electron chi connectivity index (χ1n) is 13.6. The summed E-state index contributed by atoms with van der Waals surface area (Å²) in [4.78, 5) is 23.6. The molecule has 2 amide bonds. The zero-order valence-corrected chi connectivity index (χ0v) is 25.0. The predicted molar refractivity (Wildman–Crippen MR) is 157 cm³/mol. The third-order valence-electron chi connectivity index (χ3n) is 4.53. The van der Waals surface area contributed by atoms with Crippen molar-refractivity contribution in [2.75, 3.05) is 26.3 Å². The Balaban J connectivity index is 0.00000128. The molecule has 0 aliphatic heterocycles. The molecule has 0 bridgehead atoms. The minimum atomic E-state index is -6.00. The summed E-state index contributed by atoms with van der Waals surface area (Å²) in [6, 6.07) is 26.1. The van der Waals surface area contributed by atoms with Crippen molar-refractivity contribution in [3.05, 3.63) is 96.1 Å². The van der Waals surface area contributed by atoms with Crippen LogP contribution >= 0.6 is 0 Å². The highest BCUT2D eigenvalue weighted by molar-refractivity contribution is 6.50. The smallest absolute Gasteiger partial charge is 0.488 e. The van der Waals surface area contributed by atoms with Gasteiger partial charge in [0.15, 0.2) is 11.5 Å². The number of rotatable bonds is 12. The Morgan fingerprint density at radius 2 is 0.735 bits per heavy atom. The Bertz CT molecular complexity index is 1200. The van der Waals surface area contributed by atoms with E-state index in [0.717, 1.165) is 11.1 Å². The molecule has 0 aromatic heterocycles. The lowest BCUT2D eigenvalue weighted by molar-refractivity contribution is 0.136. The zero-order chi connectivity index (χ0) is 37.3. The van der Waals surface area contributed by atoms with Gasteiger partial charge in [-0.3, -0.25) is 0 Å². The fraction of sp³-hybridized carbons (Fsp3) is 0.231. The van der Waals surface area contributed by atoms with Gasteiger partial charge in [-0.25, -0.2) is 9.59 Å². The van der Waals surface area contributed by atoms with Crippen LogP contribution in [0.1, 0.15) is 11.1 Å². The molecule has 0 aliphatic rings. The third-order valence-corrected chi connectivity index (χ3v) is 4.53.